The van der Waals surface area contributed by atoms with E-state index in [9.17, 15) is 9.00 Å². The SMILES string of the molecule is CN(C)C(=O)c1cccc(NC2CCS(=O)CC2)c1. The van der Waals surface area contributed by atoms with Crippen LogP contribution in [0.4, 0.5) is 5.69 Å². The minimum atomic E-state index is -0.638. The summed E-state index contributed by atoms with van der Waals surface area (Å²) in [5, 5.41) is 3.43. The van der Waals surface area contributed by atoms with Crippen molar-refractivity contribution in [2.45, 2.75) is 18.9 Å². The van der Waals surface area contributed by atoms with E-state index < -0.39 is 10.8 Å². The first kappa shape index (κ1) is 14.1. The summed E-state index contributed by atoms with van der Waals surface area (Å²) in [5.74, 6) is 1.55. The molecule has 0 radical (unpaired) electrons. The predicted octanol–water partition coefficient (Wildman–Crippen LogP) is 1.71. The first-order valence-electron chi connectivity index (χ1n) is 6.49. The zero-order valence-electron chi connectivity index (χ0n) is 11.4. The third kappa shape index (κ3) is 3.80. The average Bonchev–Trinajstić information content (AvgIpc) is 2.41. The van der Waals surface area contributed by atoms with Crippen LogP contribution in [0.1, 0.15) is 23.2 Å². The number of amides is 1. The number of hydrogen-bond donors (Lipinski definition) is 1. The molecule has 0 saturated carbocycles. The molecule has 0 aliphatic carbocycles. The molecule has 104 valence electrons. The number of hydrogen-bond acceptors (Lipinski definition) is 3. The third-order valence-corrected chi connectivity index (χ3v) is 4.66. The summed E-state index contributed by atoms with van der Waals surface area (Å²) in [6.45, 7) is 0. The van der Waals surface area contributed by atoms with Crippen LogP contribution in [0.5, 0.6) is 0 Å². The van der Waals surface area contributed by atoms with Crippen LogP contribution in [0.3, 0.4) is 0 Å². The fraction of sp³-hybridized carbons (Fsp3) is 0.500. The summed E-state index contributed by atoms with van der Waals surface area (Å²) in [6, 6.07) is 7.93. The van der Waals surface area contributed by atoms with Crippen molar-refractivity contribution in [1.29, 1.82) is 0 Å². The summed E-state index contributed by atoms with van der Waals surface area (Å²) < 4.78 is 11.3. The Morgan fingerprint density at radius 2 is 2.00 bits per heavy atom. The Hall–Kier alpha value is -1.36. The number of carbonyl (C=O) groups is 1. The second-order valence-corrected chi connectivity index (χ2v) is 6.74. The van der Waals surface area contributed by atoms with Gasteiger partial charge < -0.3 is 10.2 Å². The van der Waals surface area contributed by atoms with E-state index in [1.54, 1.807) is 19.0 Å². The van der Waals surface area contributed by atoms with Crippen molar-refractivity contribution in [3.63, 3.8) is 0 Å². The minimum Gasteiger partial charge on any atom is -0.382 e. The second-order valence-electron chi connectivity index (χ2n) is 5.05. The van der Waals surface area contributed by atoms with Crippen LogP contribution in [0, 0.1) is 0 Å². The lowest BCUT2D eigenvalue weighted by Gasteiger charge is -2.24. The molecule has 2 rings (SSSR count). The molecule has 1 fully saturated rings. The van der Waals surface area contributed by atoms with Crippen molar-refractivity contribution in [1.82, 2.24) is 4.90 Å². The minimum absolute atomic E-state index is 0.00778. The van der Waals surface area contributed by atoms with Gasteiger partial charge in [0, 0.05) is 53.7 Å². The zero-order chi connectivity index (χ0) is 13.8. The molecule has 1 N–H and O–H groups in total. The quantitative estimate of drug-likeness (QED) is 0.917. The molecule has 1 heterocycles. The highest BCUT2D eigenvalue weighted by molar-refractivity contribution is 7.85. The maximum atomic E-state index is 11.9. The van der Waals surface area contributed by atoms with Crippen LogP contribution in [0.15, 0.2) is 24.3 Å². The molecule has 1 aliphatic heterocycles. The second kappa shape index (κ2) is 6.19. The van der Waals surface area contributed by atoms with Gasteiger partial charge in [0.15, 0.2) is 0 Å². The topological polar surface area (TPSA) is 49.4 Å². The van der Waals surface area contributed by atoms with Crippen molar-refractivity contribution in [3.05, 3.63) is 29.8 Å². The number of nitrogens with one attached hydrogen (secondary N) is 1. The van der Waals surface area contributed by atoms with Crippen molar-refractivity contribution in [2.24, 2.45) is 0 Å². The molecule has 1 amide bonds. The molecule has 0 unspecified atom stereocenters. The van der Waals surface area contributed by atoms with Gasteiger partial charge in [-0.3, -0.25) is 9.00 Å². The lowest BCUT2D eigenvalue weighted by Crippen LogP contribution is -2.29. The highest BCUT2D eigenvalue weighted by atomic mass is 32.2. The number of rotatable bonds is 3. The van der Waals surface area contributed by atoms with Crippen LogP contribution in [-0.2, 0) is 10.8 Å². The summed E-state index contributed by atoms with van der Waals surface area (Å²) in [7, 11) is 2.86. The molecule has 1 saturated heterocycles. The largest absolute Gasteiger partial charge is 0.382 e. The maximum absolute atomic E-state index is 11.9. The van der Waals surface area contributed by atoms with E-state index in [0.717, 1.165) is 30.0 Å². The Kier molecular flexibility index (Phi) is 4.58. The van der Waals surface area contributed by atoms with E-state index in [2.05, 4.69) is 5.32 Å². The fourth-order valence-electron chi connectivity index (χ4n) is 2.17. The molecule has 0 aromatic heterocycles. The predicted molar refractivity (Wildman–Crippen MR) is 79.0 cm³/mol. The molecule has 4 nitrogen and oxygen atoms in total. The van der Waals surface area contributed by atoms with E-state index in [0.29, 0.717) is 11.6 Å². The fourth-order valence-corrected chi connectivity index (χ4v) is 3.47. The lowest BCUT2D eigenvalue weighted by molar-refractivity contribution is 0.0827. The van der Waals surface area contributed by atoms with E-state index >= 15 is 0 Å². The van der Waals surface area contributed by atoms with Gasteiger partial charge in [0.25, 0.3) is 5.91 Å². The van der Waals surface area contributed by atoms with Gasteiger partial charge in [-0.15, -0.1) is 0 Å². The zero-order valence-corrected chi connectivity index (χ0v) is 12.2. The summed E-state index contributed by atoms with van der Waals surface area (Å²) in [5.41, 5.74) is 1.65. The van der Waals surface area contributed by atoms with E-state index in [1.807, 2.05) is 24.3 Å². The molecular weight excluding hydrogens is 260 g/mol. The van der Waals surface area contributed by atoms with Crippen molar-refractivity contribution in [3.8, 4) is 0 Å². The molecule has 1 aliphatic rings. The molecule has 0 bridgehead atoms. The molecular formula is C14H20N2O2S. The van der Waals surface area contributed by atoms with Crippen LogP contribution < -0.4 is 5.32 Å². The van der Waals surface area contributed by atoms with Crippen molar-refractivity contribution >= 4 is 22.4 Å². The van der Waals surface area contributed by atoms with Gasteiger partial charge in [0.1, 0.15) is 0 Å². The first-order chi connectivity index (χ1) is 9.06. The normalized spacial score (nSPS) is 22.8. The van der Waals surface area contributed by atoms with Crippen LogP contribution in [0.25, 0.3) is 0 Å². The molecule has 0 spiro atoms. The van der Waals surface area contributed by atoms with Crippen molar-refractivity contribution in [2.75, 3.05) is 30.9 Å². The summed E-state index contributed by atoms with van der Waals surface area (Å²) >= 11 is 0. The highest BCUT2D eigenvalue weighted by Gasteiger charge is 2.18. The van der Waals surface area contributed by atoms with E-state index in [-0.39, 0.29) is 5.91 Å². The smallest absolute Gasteiger partial charge is 0.253 e. The average molecular weight is 280 g/mol. The van der Waals surface area contributed by atoms with Gasteiger partial charge in [0.05, 0.1) is 0 Å². The van der Waals surface area contributed by atoms with Gasteiger partial charge in [0.2, 0.25) is 0 Å². The van der Waals surface area contributed by atoms with Crippen LogP contribution >= 0.6 is 0 Å². The van der Waals surface area contributed by atoms with Gasteiger partial charge >= 0.3 is 0 Å². The standard InChI is InChI=1S/C14H20N2O2S/c1-16(2)14(17)11-4-3-5-13(10-11)15-12-6-8-19(18)9-7-12/h3-5,10,12,15H,6-9H2,1-2H3. The Labute approximate surface area is 116 Å². The monoisotopic (exact) mass is 280 g/mol. The Bertz CT molecular complexity index is 478. The van der Waals surface area contributed by atoms with Gasteiger partial charge in [-0.2, -0.15) is 0 Å². The van der Waals surface area contributed by atoms with Crippen LogP contribution in [-0.4, -0.2) is 46.7 Å². The number of benzene rings is 1. The third-order valence-electron chi connectivity index (χ3n) is 3.27. The summed E-state index contributed by atoms with van der Waals surface area (Å²) in [6.07, 6.45) is 1.86. The number of nitrogens with zero attached hydrogens (tertiary/aromatic N) is 1. The van der Waals surface area contributed by atoms with E-state index in [1.165, 1.54) is 0 Å². The van der Waals surface area contributed by atoms with Crippen molar-refractivity contribution < 1.29 is 9.00 Å². The highest BCUT2D eigenvalue weighted by Crippen LogP contribution is 2.18. The number of carbonyl (C=O) groups excluding carboxylic acids is 1. The van der Waals surface area contributed by atoms with Gasteiger partial charge in [-0.25, -0.2) is 0 Å². The van der Waals surface area contributed by atoms with Gasteiger partial charge in [-0.1, -0.05) is 6.07 Å². The van der Waals surface area contributed by atoms with Crippen LogP contribution in [0.2, 0.25) is 0 Å². The molecule has 19 heavy (non-hydrogen) atoms. The molecule has 0 atom stereocenters. The Morgan fingerprint density at radius 3 is 2.63 bits per heavy atom. The lowest BCUT2D eigenvalue weighted by atomic mass is 10.1. The molecule has 1 aromatic rings. The summed E-state index contributed by atoms with van der Waals surface area (Å²) in [4.78, 5) is 13.5. The molecule has 5 heteroatoms. The maximum Gasteiger partial charge on any atom is 0.253 e. The Morgan fingerprint density at radius 1 is 1.32 bits per heavy atom. The van der Waals surface area contributed by atoms with E-state index in [4.69, 9.17) is 0 Å². The molecule has 1 aromatic carbocycles. The van der Waals surface area contributed by atoms with Gasteiger partial charge in [-0.05, 0) is 31.0 Å². The first-order valence-corrected chi connectivity index (χ1v) is 7.98. The Balaban J connectivity index is 2.03. The number of anilines is 1.